The van der Waals surface area contributed by atoms with Crippen molar-refractivity contribution in [2.45, 2.75) is 12.1 Å². The fourth-order valence-electron chi connectivity index (χ4n) is 2.39. The Bertz CT molecular complexity index is 1040. The summed E-state index contributed by atoms with van der Waals surface area (Å²) in [5.41, 5.74) is 1.47. The van der Waals surface area contributed by atoms with Crippen molar-refractivity contribution in [3.05, 3.63) is 54.9 Å². The van der Waals surface area contributed by atoms with Crippen LogP contribution in [0.15, 0.2) is 58.7 Å². The number of hydrogen-bond donors (Lipinski definition) is 1. The summed E-state index contributed by atoms with van der Waals surface area (Å²) in [5.74, 6) is 1.82. The Hall–Kier alpha value is -3.20. The monoisotopic (exact) mass is 366 g/mol. The van der Waals surface area contributed by atoms with Crippen LogP contribution in [-0.4, -0.2) is 36.2 Å². The van der Waals surface area contributed by atoms with Crippen molar-refractivity contribution in [1.29, 1.82) is 0 Å². The summed E-state index contributed by atoms with van der Waals surface area (Å²) in [6.07, 6.45) is 4.89. The Kier molecular flexibility index (Phi) is 4.36. The van der Waals surface area contributed by atoms with E-state index in [1.165, 1.54) is 18.1 Å². The summed E-state index contributed by atoms with van der Waals surface area (Å²) in [6.45, 7) is 1.87. The highest BCUT2D eigenvalue weighted by Crippen LogP contribution is 2.23. The number of aromatic nitrogens is 5. The molecule has 3 heterocycles. The minimum atomic E-state index is -0.204. The van der Waals surface area contributed by atoms with Crippen LogP contribution in [0.2, 0.25) is 0 Å². The SMILES string of the molecule is Cc1nccn1-c1cc(NC(=O)CSc2nc3ccccc3o2)ncn1. The fourth-order valence-corrected chi connectivity index (χ4v) is 3.02. The number of hydrogen-bond acceptors (Lipinski definition) is 7. The van der Waals surface area contributed by atoms with Crippen LogP contribution in [0.25, 0.3) is 16.9 Å². The highest BCUT2D eigenvalue weighted by molar-refractivity contribution is 7.99. The molecule has 1 amide bonds. The first kappa shape index (κ1) is 16.3. The number of nitrogens with one attached hydrogen (secondary N) is 1. The van der Waals surface area contributed by atoms with E-state index < -0.39 is 0 Å². The van der Waals surface area contributed by atoms with Crippen LogP contribution in [0, 0.1) is 6.92 Å². The summed E-state index contributed by atoms with van der Waals surface area (Å²) in [6, 6.07) is 9.16. The van der Waals surface area contributed by atoms with Gasteiger partial charge in [0.2, 0.25) is 5.91 Å². The number of aryl methyl sites for hydroxylation is 1. The number of anilines is 1. The van der Waals surface area contributed by atoms with E-state index in [0.717, 1.165) is 11.3 Å². The number of para-hydroxylation sites is 2. The zero-order chi connectivity index (χ0) is 17.9. The molecule has 130 valence electrons. The number of nitrogens with zero attached hydrogens (tertiary/aromatic N) is 5. The van der Waals surface area contributed by atoms with Crippen molar-refractivity contribution in [3.63, 3.8) is 0 Å². The van der Waals surface area contributed by atoms with Gasteiger partial charge >= 0.3 is 0 Å². The Labute approximate surface area is 152 Å². The normalized spacial score (nSPS) is 11.0. The molecular weight excluding hydrogens is 352 g/mol. The van der Waals surface area contributed by atoms with Crippen molar-refractivity contribution >= 4 is 34.6 Å². The summed E-state index contributed by atoms with van der Waals surface area (Å²) >= 11 is 1.23. The van der Waals surface area contributed by atoms with Gasteiger partial charge in [0.1, 0.15) is 29.3 Å². The van der Waals surface area contributed by atoms with Crippen molar-refractivity contribution in [2.75, 3.05) is 11.1 Å². The Morgan fingerprint density at radius 2 is 2.15 bits per heavy atom. The topological polar surface area (TPSA) is 98.7 Å². The number of imidazole rings is 1. The van der Waals surface area contributed by atoms with Gasteiger partial charge in [0.05, 0.1) is 5.75 Å². The maximum Gasteiger partial charge on any atom is 0.257 e. The first-order chi connectivity index (χ1) is 12.7. The maximum absolute atomic E-state index is 12.2. The minimum absolute atomic E-state index is 0.163. The van der Waals surface area contributed by atoms with Crippen LogP contribution in [0.1, 0.15) is 5.82 Å². The lowest BCUT2D eigenvalue weighted by Gasteiger charge is -2.07. The summed E-state index contributed by atoms with van der Waals surface area (Å²) in [4.78, 5) is 29.0. The largest absolute Gasteiger partial charge is 0.431 e. The highest BCUT2D eigenvalue weighted by Gasteiger charge is 2.11. The van der Waals surface area contributed by atoms with Gasteiger partial charge in [0, 0.05) is 18.5 Å². The van der Waals surface area contributed by atoms with E-state index in [4.69, 9.17) is 4.42 Å². The van der Waals surface area contributed by atoms with Gasteiger partial charge in [0.25, 0.3) is 5.22 Å². The molecule has 4 rings (SSSR count). The molecule has 1 aromatic carbocycles. The molecule has 1 N–H and O–H groups in total. The van der Waals surface area contributed by atoms with Gasteiger partial charge in [-0.15, -0.1) is 0 Å². The molecule has 0 atom stereocenters. The van der Waals surface area contributed by atoms with Crippen LogP contribution >= 0.6 is 11.8 Å². The molecule has 3 aromatic heterocycles. The Balaban J connectivity index is 1.41. The molecule has 0 aliphatic heterocycles. The van der Waals surface area contributed by atoms with E-state index in [9.17, 15) is 4.79 Å². The molecule has 0 saturated heterocycles. The van der Waals surface area contributed by atoms with Gasteiger partial charge in [-0.3, -0.25) is 9.36 Å². The van der Waals surface area contributed by atoms with E-state index in [-0.39, 0.29) is 11.7 Å². The fraction of sp³-hybridized carbons (Fsp3) is 0.118. The minimum Gasteiger partial charge on any atom is -0.431 e. The molecule has 0 aliphatic rings. The van der Waals surface area contributed by atoms with Gasteiger partial charge in [-0.25, -0.2) is 19.9 Å². The second-order valence-electron chi connectivity index (χ2n) is 5.39. The predicted molar refractivity (Wildman–Crippen MR) is 97.3 cm³/mol. The average Bonchev–Trinajstić information content (AvgIpc) is 3.25. The van der Waals surface area contributed by atoms with Crippen molar-refractivity contribution in [3.8, 4) is 5.82 Å². The predicted octanol–water partition coefficient (Wildman–Crippen LogP) is 2.84. The zero-order valence-corrected chi connectivity index (χ0v) is 14.6. The molecule has 8 nitrogen and oxygen atoms in total. The third-order valence-corrected chi connectivity index (χ3v) is 4.42. The smallest absolute Gasteiger partial charge is 0.257 e. The lowest BCUT2D eigenvalue weighted by molar-refractivity contribution is -0.113. The first-order valence-electron chi connectivity index (χ1n) is 7.79. The maximum atomic E-state index is 12.2. The molecule has 9 heteroatoms. The number of rotatable bonds is 5. The van der Waals surface area contributed by atoms with Gasteiger partial charge in [-0.2, -0.15) is 0 Å². The quantitative estimate of drug-likeness (QED) is 0.542. The third-order valence-electron chi connectivity index (χ3n) is 3.59. The Morgan fingerprint density at radius 1 is 1.27 bits per heavy atom. The van der Waals surface area contributed by atoms with Crippen molar-refractivity contribution in [1.82, 2.24) is 24.5 Å². The number of carbonyl (C=O) groups excluding carboxylic acids is 1. The summed E-state index contributed by atoms with van der Waals surface area (Å²) in [5, 5.41) is 3.21. The van der Waals surface area contributed by atoms with Crippen molar-refractivity contribution < 1.29 is 9.21 Å². The zero-order valence-electron chi connectivity index (χ0n) is 13.8. The number of thioether (sulfide) groups is 1. The van der Waals surface area contributed by atoms with Crippen LogP contribution in [0.5, 0.6) is 0 Å². The molecule has 26 heavy (non-hydrogen) atoms. The molecule has 0 bridgehead atoms. The van der Waals surface area contributed by atoms with E-state index in [0.29, 0.717) is 22.4 Å². The highest BCUT2D eigenvalue weighted by atomic mass is 32.2. The molecular formula is C17H14N6O2S. The number of amides is 1. The lowest BCUT2D eigenvalue weighted by Crippen LogP contribution is -2.15. The van der Waals surface area contributed by atoms with Crippen LogP contribution < -0.4 is 5.32 Å². The molecule has 0 aliphatic carbocycles. The summed E-state index contributed by atoms with van der Waals surface area (Å²) < 4.78 is 7.40. The van der Waals surface area contributed by atoms with Crippen molar-refractivity contribution in [2.24, 2.45) is 0 Å². The van der Waals surface area contributed by atoms with Gasteiger partial charge in [-0.1, -0.05) is 23.9 Å². The molecule has 0 spiro atoms. The molecule has 0 radical (unpaired) electrons. The molecule has 4 aromatic rings. The first-order valence-corrected chi connectivity index (χ1v) is 8.78. The Morgan fingerprint density at radius 3 is 2.96 bits per heavy atom. The number of carbonyl (C=O) groups is 1. The lowest BCUT2D eigenvalue weighted by atomic mass is 10.3. The molecule has 0 fully saturated rings. The van der Waals surface area contributed by atoms with Gasteiger partial charge < -0.3 is 9.73 Å². The van der Waals surface area contributed by atoms with Crippen LogP contribution in [-0.2, 0) is 4.79 Å². The van der Waals surface area contributed by atoms with E-state index in [1.807, 2.05) is 35.8 Å². The van der Waals surface area contributed by atoms with Gasteiger partial charge in [-0.05, 0) is 19.1 Å². The van der Waals surface area contributed by atoms with E-state index in [1.54, 1.807) is 18.5 Å². The molecule has 0 unspecified atom stereocenters. The van der Waals surface area contributed by atoms with E-state index in [2.05, 4.69) is 25.3 Å². The third kappa shape index (κ3) is 3.42. The second kappa shape index (κ2) is 6.96. The summed E-state index contributed by atoms with van der Waals surface area (Å²) in [7, 11) is 0. The average molecular weight is 366 g/mol. The van der Waals surface area contributed by atoms with Crippen LogP contribution in [0.4, 0.5) is 5.82 Å². The standard InChI is InChI=1S/C17H14N6O2S/c1-11-18-6-7-23(11)15-8-14(19-10-20-15)22-16(24)9-26-17-21-12-4-2-3-5-13(12)25-17/h2-8,10H,9H2,1H3,(H,19,20,22,24). The van der Waals surface area contributed by atoms with Gasteiger partial charge in [0.15, 0.2) is 5.58 Å². The number of oxazole rings is 1. The second-order valence-corrected chi connectivity index (χ2v) is 6.32. The number of benzene rings is 1. The number of fused-ring (bicyclic) bond motifs is 1. The van der Waals surface area contributed by atoms with Crippen LogP contribution in [0.3, 0.4) is 0 Å². The molecule has 0 saturated carbocycles. The van der Waals surface area contributed by atoms with E-state index >= 15 is 0 Å².